The molecule has 0 aliphatic rings. The maximum atomic E-state index is 13.0. The highest BCUT2D eigenvalue weighted by Crippen LogP contribution is 2.22. The summed E-state index contributed by atoms with van der Waals surface area (Å²) in [4.78, 5) is 0. The summed E-state index contributed by atoms with van der Waals surface area (Å²) in [6, 6.07) is 14.0. The van der Waals surface area contributed by atoms with Gasteiger partial charge in [-0.05, 0) is 35.9 Å². The van der Waals surface area contributed by atoms with Crippen LogP contribution in [0.25, 0.3) is 0 Å². The number of likely N-dealkylation sites (N-methyl/N-ethyl adjacent to an activating group) is 1. The zero-order chi connectivity index (χ0) is 15.1. The highest BCUT2D eigenvalue weighted by Gasteiger charge is 2.12. The summed E-state index contributed by atoms with van der Waals surface area (Å²) < 4.78 is 19.0. The van der Waals surface area contributed by atoms with Crippen molar-refractivity contribution in [1.29, 1.82) is 0 Å². The number of rotatable bonds is 7. The van der Waals surface area contributed by atoms with Gasteiger partial charge in [-0.2, -0.15) is 0 Å². The normalized spacial score (nSPS) is 12.3. The second kappa shape index (κ2) is 8.13. The summed E-state index contributed by atoms with van der Waals surface area (Å²) in [6.45, 7) is 3.99. The fourth-order valence-electron chi connectivity index (χ4n) is 2.03. The predicted octanol–water partition coefficient (Wildman–Crippen LogP) is 4.35. The topological polar surface area (TPSA) is 21.3 Å². The molecule has 0 spiro atoms. The zero-order valence-corrected chi connectivity index (χ0v) is 12.7. The highest BCUT2D eigenvalue weighted by atomic mass is 35.5. The van der Waals surface area contributed by atoms with Crippen molar-refractivity contribution in [2.45, 2.75) is 19.6 Å². The first kappa shape index (κ1) is 16.0. The van der Waals surface area contributed by atoms with Crippen molar-refractivity contribution in [3.63, 3.8) is 0 Å². The van der Waals surface area contributed by atoms with Gasteiger partial charge in [0, 0.05) is 11.6 Å². The minimum Gasteiger partial charge on any atom is -0.367 e. The van der Waals surface area contributed by atoms with Gasteiger partial charge in [-0.3, -0.25) is 0 Å². The molecule has 0 aliphatic carbocycles. The van der Waals surface area contributed by atoms with Gasteiger partial charge in [-0.25, -0.2) is 4.39 Å². The van der Waals surface area contributed by atoms with Crippen LogP contribution in [0.15, 0.2) is 48.5 Å². The Morgan fingerprint density at radius 2 is 1.86 bits per heavy atom. The van der Waals surface area contributed by atoms with E-state index in [4.69, 9.17) is 16.3 Å². The van der Waals surface area contributed by atoms with Gasteiger partial charge in [0.25, 0.3) is 0 Å². The standard InChI is InChI=1S/C17H19ClFNO/c1-2-20-11-17(13-7-9-15(19)10-8-13)21-12-14-5-3-4-6-16(14)18/h3-10,17,20H,2,11-12H2,1H3. The van der Waals surface area contributed by atoms with E-state index < -0.39 is 0 Å². The number of hydrogen-bond donors (Lipinski definition) is 1. The molecule has 2 aromatic carbocycles. The third kappa shape index (κ3) is 4.81. The van der Waals surface area contributed by atoms with Crippen LogP contribution in [-0.4, -0.2) is 13.1 Å². The summed E-state index contributed by atoms with van der Waals surface area (Å²) in [5.74, 6) is -0.243. The molecule has 0 amide bonds. The summed E-state index contributed by atoms with van der Waals surface area (Å²) in [5.41, 5.74) is 1.90. The van der Waals surface area contributed by atoms with Gasteiger partial charge in [0.1, 0.15) is 5.82 Å². The number of hydrogen-bond acceptors (Lipinski definition) is 2. The fraction of sp³-hybridized carbons (Fsp3) is 0.294. The van der Waals surface area contributed by atoms with Crippen LogP contribution in [0.2, 0.25) is 5.02 Å². The van der Waals surface area contributed by atoms with E-state index in [1.807, 2.05) is 31.2 Å². The molecule has 0 saturated heterocycles. The Bertz CT molecular complexity index is 559. The highest BCUT2D eigenvalue weighted by molar-refractivity contribution is 6.31. The number of benzene rings is 2. The van der Waals surface area contributed by atoms with E-state index in [-0.39, 0.29) is 11.9 Å². The van der Waals surface area contributed by atoms with Gasteiger partial charge in [-0.1, -0.05) is 48.9 Å². The molecule has 0 bridgehead atoms. The van der Waals surface area contributed by atoms with Crippen LogP contribution in [-0.2, 0) is 11.3 Å². The molecule has 1 atom stereocenters. The SMILES string of the molecule is CCNCC(OCc1ccccc1Cl)c1ccc(F)cc1. The van der Waals surface area contributed by atoms with E-state index in [1.54, 1.807) is 12.1 Å². The van der Waals surface area contributed by atoms with Crippen molar-refractivity contribution < 1.29 is 9.13 Å². The van der Waals surface area contributed by atoms with Crippen LogP contribution >= 0.6 is 11.6 Å². The molecule has 2 nitrogen and oxygen atoms in total. The third-order valence-corrected chi connectivity index (χ3v) is 3.59. The molecule has 0 fully saturated rings. The molecule has 0 radical (unpaired) electrons. The third-order valence-electron chi connectivity index (χ3n) is 3.22. The molecular formula is C17H19ClFNO. The smallest absolute Gasteiger partial charge is 0.123 e. The summed E-state index contributed by atoms with van der Waals surface area (Å²) >= 11 is 6.13. The molecular weight excluding hydrogens is 289 g/mol. The van der Waals surface area contributed by atoms with E-state index in [0.717, 1.165) is 17.7 Å². The Labute approximate surface area is 129 Å². The first-order valence-electron chi connectivity index (χ1n) is 7.02. The Morgan fingerprint density at radius 1 is 1.14 bits per heavy atom. The summed E-state index contributed by atoms with van der Waals surface area (Å²) in [7, 11) is 0. The molecule has 4 heteroatoms. The Morgan fingerprint density at radius 3 is 2.52 bits per heavy atom. The average Bonchev–Trinajstić information content (AvgIpc) is 2.50. The van der Waals surface area contributed by atoms with Crippen LogP contribution in [0.1, 0.15) is 24.2 Å². The lowest BCUT2D eigenvalue weighted by Gasteiger charge is -2.19. The monoisotopic (exact) mass is 307 g/mol. The summed E-state index contributed by atoms with van der Waals surface area (Å²) in [5, 5.41) is 3.95. The average molecular weight is 308 g/mol. The molecule has 2 rings (SSSR count). The second-order valence-electron chi connectivity index (χ2n) is 4.75. The lowest BCUT2D eigenvalue weighted by molar-refractivity contribution is 0.0401. The van der Waals surface area contributed by atoms with Crippen molar-refractivity contribution in [3.8, 4) is 0 Å². The van der Waals surface area contributed by atoms with E-state index in [0.29, 0.717) is 18.2 Å². The van der Waals surface area contributed by atoms with Crippen molar-refractivity contribution in [2.24, 2.45) is 0 Å². The molecule has 2 aromatic rings. The van der Waals surface area contributed by atoms with Gasteiger partial charge in [0.2, 0.25) is 0 Å². The fourth-order valence-corrected chi connectivity index (χ4v) is 2.22. The molecule has 1 N–H and O–H groups in total. The first-order chi connectivity index (χ1) is 10.2. The van der Waals surface area contributed by atoms with Gasteiger partial charge < -0.3 is 10.1 Å². The first-order valence-corrected chi connectivity index (χ1v) is 7.39. The van der Waals surface area contributed by atoms with Crippen LogP contribution in [0.3, 0.4) is 0 Å². The van der Waals surface area contributed by atoms with Crippen molar-refractivity contribution in [1.82, 2.24) is 5.32 Å². The predicted molar refractivity (Wildman–Crippen MR) is 83.9 cm³/mol. The lowest BCUT2D eigenvalue weighted by atomic mass is 10.1. The van der Waals surface area contributed by atoms with Gasteiger partial charge in [0.15, 0.2) is 0 Å². The van der Waals surface area contributed by atoms with Gasteiger partial charge >= 0.3 is 0 Å². The Balaban J connectivity index is 2.06. The minimum atomic E-state index is -0.243. The van der Waals surface area contributed by atoms with Crippen LogP contribution in [0.4, 0.5) is 4.39 Å². The largest absolute Gasteiger partial charge is 0.367 e. The molecule has 1 unspecified atom stereocenters. The molecule has 21 heavy (non-hydrogen) atoms. The maximum absolute atomic E-state index is 13.0. The van der Waals surface area contributed by atoms with E-state index in [2.05, 4.69) is 5.32 Å². The van der Waals surface area contributed by atoms with E-state index in [9.17, 15) is 4.39 Å². The van der Waals surface area contributed by atoms with Gasteiger partial charge in [-0.15, -0.1) is 0 Å². The van der Waals surface area contributed by atoms with E-state index in [1.165, 1.54) is 12.1 Å². The molecule has 0 aromatic heterocycles. The van der Waals surface area contributed by atoms with Crippen molar-refractivity contribution in [3.05, 3.63) is 70.5 Å². The number of halogens is 2. The molecule has 0 heterocycles. The minimum absolute atomic E-state index is 0.137. The van der Waals surface area contributed by atoms with Gasteiger partial charge in [0.05, 0.1) is 12.7 Å². The van der Waals surface area contributed by atoms with Crippen LogP contribution < -0.4 is 5.32 Å². The van der Waals surface area contributed by atoms with Crippen LogP contribution in [0.5, 0.6) is 0 Å². The van der Waals surface area contributed by atoms with Crippen molar-refractivity contribution in [2.75, 3.05) is 13.1 Å². The molecule has 112 valence electrons. The number of ether oxygens (including phenoxy) is 1. The Hall–Kier alpha value is -1.42. The summed E-state index contributed by atoms with van der Waals surface area (Å²) in [6.07, 6.45) is -0.137. The van der Waals surface area contributed by atoms with Crippen LogP contribution in [0, 0.1) is 5.82 Å². The lowest BCUT2D eigenvalue weighted by Crippen LogP contribution is -2.23. The van der Waals surface area contributed by atoms with Crippen molar-refractivity contribution >= 4 is 11.6 Å². The zero-order valence-electron chi connectivity index (χ0n) is 12.0. The van der Waals surface area contributed by atoms with E-state index >= 15 is 0 Å². The maximum Gasteiger partial charge on any atom is 0.123 e. The second-order valence-corrected chi connectivity index (χ2v) is 5.16. The molecule has 0 aliphatic heterocycles. The number of nitrogens with one attached hydrogen (secondary N) is 1. The quantitative estimate of drug-likeness (QED) is 0.821. The Kier molecular flexibility index (Phi) is 6.18. The molecule has 0 saturated carbocycles.